The van der Waals surface area contributed by atoms with E-state index in [4.69, 9.17) is 28.4 Å². The molecular weight excluding hydrogens is 1270 g/mol. The molecule has 100 heavy (non-hydrogen) atoms. The summed E-state index contributed by atoms with van der Waals surface area (Å²) in [7, 11) is 0. The Morgan fingerprint density at radius 2 is 0.690 bits per heavy atom. The van der Waals surface area contributed by atoms with Crippen LogP contribution in [0.3, 0.4) is 0 Å². The van der Waals surface area contributed by atoms with Gasteiger partial charge in [-0.25, -0.2) is 0 Å². The van der Waals surface area contributed by atoms with Gasteiger partial charge in [0, 0.05) is 6.42 Å². The van der Waals surface area contributed by atoms with Crippen molar-refractivity contribution >= 4 is 5.91 Å². The Kier molecular flexibility index (Phi) is 55.8. The first kappa shape index (κ1) is 91.2. The molecule has 580 valence electrons. The largest absolute Gasteiger partial charge is 0.394 e. The Morgan fingerprint density at radius 1 is 0.370 bits per heavy atom. The summed E-state index contributed by atoms with van der Waals surface area (Å²) in [4.78, 5) is 13.5. The molecule has 0 aromatic rings. The average Bonchev–Trinajstić information content (AvgIpc) is 0.783. The van der Waals surface area contributed by atoms with Gasteiger partial charge in [-0.05, 0) is 70.6 Å². The van der Waals surface area contributed by atoms with E-state index in [0.29, 0.717) is 12.8 Å². The van der Waals surface area contributed by atoms with Crippen LogP contribution in [0.1, 0.15) is 290 Å². The fraction of sp³-hybridized carbons (Fsp3) is 0.815. The Balaban J connectivity index is 1.38. The van der Waals surface area contributed by atoms with E-state index in [1.807, 2.05) is 0 Å². The smallest absolute Gasteiger partial charge is 0.220 e. The first-order chi connectivity index (χ1) is 48.8. The van der Waals surface area contributed by atoms with E-state index in [1.54, 1.807) is 0 Å². The molecule has 12 N–H and O–H groups in total. The zero-order valence-corrected chi connectivity index (χ0v) is 61.9. The summed E-state index contributed by atoms with van der Waals surface area (Å²) < 4.78 is 34.5. The van der Waals surface area contributed by atoms with Gasteiger partial charge < -0.3 is 89.9 Å². The third-order valence-corrected chi connectivity index (χ3v) is 19.5. The highest BCUT2D eigenvalue weighted by atomic mass is 16.8. The summed E-state index contributed by atoms with van der Waals surface area (Å²) in [6.07, 6.45) is 53.7. The number of hydrogen-bond donors (Lipinski definition) is 12. The fourth-order valence-corrected chi connectivity index (χ4v) is 13.1. The van der Waals surface area contributed by atoms with Crippen molar-refractivity contribution in [3.63, 3.8) is 0 Å². The van der Waals surface area contributed by atoms with E-state index in [2.05, 4.69) is 104 Å². The van der Waals surface area contributed by atoms with Gasteiger partial charge >= 0.3 is 0 Å². The zero-order chi connectivity index (χ0) is 72.5. The van der Waals surface area contributed by atoms with Crippen LogP contribution in [0.2, 0.25) is 0 Å². The molecular formula is C81H143NO18. The zero-order valence-electron chi connectivity index (χ0n) is 61.9. The molecule has 0 radical (unpaired) electrons. The Labute approximate surface area is 603 Å². The number of rotatable bonds is 62. The molecule has 17 unspecified atom stereocenters. The number of aliphatic hydroxyl groups excluding tert-OH is 11. The minimum atomic E-state index is -1.98. The number of carbonyl (C=O) groups is 1. The molecule has 0 aromatic heterocycles. The van der Waals surface area contributed by atoms with Crippen LogP contribution in [-0.2, 0) is 33.2 Å². The first-order valence-corrected chi connectivity index (χ1v) is 39.8. The molecule has 3 saturated heterocycles. The van der Waals surface area contributed by atoms with E-state index in [-0.39, 0.29) is 18.9 Å². The molecule has 0 aliphatic carbocycles. The molecule has 19 heteroatoms. The number of carbonyl (C=O) groups excluding carboxylic acids is 1. The lowest BCUT2D eigenvalue weighted by Crippen LogP contribution is -2.66. The van der Waals surface area contributed by atoms with Gasteiger partial charge in [0.25, 0.3) is 0 Å². The fourth-order valence-electron chi connectivity index (χ4n) is 13.1. The summed E-state index contributed by atoms with van der Waals surface area (Å²) in [5.41, 5.74) is 0. The van der Waals surface area contributed by atoms with Crippen LogP contribution < -0.4 is 5.32 Å². The van der Waals surface area contributed by atoms with Crippen molar-refractivity contribution < 1.29 is 89.4 Å². The van der Waals surface area contributed by atoms with Crippen LogP contribution in [0.25, 0.3) is 0 Å². The molecule has 3 fully saturated rings. The molecule has 19 nitrogen and oxygen atoms in total. The second-order valence-corrected chi connectivity index (χ2v) is 28.2. The quantitative estimate of drug-likeness (QED) is 0.0199. The normalized spacial score (nSPS) is 26.9. The van der Waals surface area contributed by atoms with Crippen LogP contribution in [0.4, 0.5) is 0 Å². The van der Waals surface area contributed by atoms with Gasteiger partial charge in [0.1, 0.15) is 73.2 Å². The second-order valence-electron chi connectivity index (χ2n) is 28.2. The molecule has 3 heterocycles. The number of ether oxygens (including phenoxy) is 6. The Morgan fingerprint density at radius 3 is 1.08 bits per heavy atom. The number of unbranched alkanes of at least 4 members (excludes halogenated alkanes) is 32. The Hall–Kier alpha value is -3.03. The average molecular weight is 1420 g/mol. The van der Waals surface area contributed by atoms with Gasteiger partial charge in [0.05, 0.1) is 38.6 Å². The first-order valence-electron chi connectivity index (χ1n) is 39.8. The van der Waals surface area contributed by atoms with Crippen LogP contribution >= 0.6 is 0 Å². The standard InChI is InChI=1S/C81H143NO18/c1-3-5-7-9-11-13-15-17-19-21-23-25-27-29-30-31-32-33-34-35-37-39-41-43-45-47-49-51-53-55-57-59-69(87)82-64(65(86)58-56-54-52-50-48-46-44-42-40-38-36-28-26-24-22-20-18-16-14-12-10-8-6-4-2)63-95-79-75(93)72(90)77(67(61-84)97-79)100-81-76(94)73(91)78(68(62-85)98-81)99-80-74(92)71(89)70(88)66(60-83)96-80/h5,7,11,13,17,19,23,25,29-30,32-33,35,37,64-68,70-81,83-86,88-94H,3-4,6,8-10,12,14-16,18,20-22,24,26-28,31,34,36,38-63H2,1-2H3,(H,82,87)/b7-5-,13-11-,19-17-,25-23-,30-29-,33-32-,37-35-. The third kappa shape index (κ3) is 41.0. The molecule has 3 rings (SSSR count). The van der Waals surface area contributed by atoms with Crippen molar-refractivity contribution in [3.8, 4) is 0 Å². The summed E-state index contributed by atoms with van der Waals surface area (Å²) in [6.45, 7) is 1.71. The van der Waals surface area contributed by atoms with Gasteiger partial charge in [0.2, 0.25) is 5.91 Å². The Bertz CT molecular complexity index is 2140. The van der Waals surface area contributed by atoms with Gasteiger partial charge in [-0.3, -0.25) is 4.79 Å². The predicted octanol–water partition coefficient (Wildman–Crippen LogP) is 13.0. The molecule has 0 bridgehead atoms. The highest BCUT2D eigenvalue weighted by Crippen LogP contribution is 2.33. The maximum absolute atomic E-state index is 13.5. The number of allylic oxidation sites excluding steroid dienone is 14. The molecule has 0 spiro atoms. The van der Waals surface area contributed by atoms with E-state index < -0.39 is 124 Å². The topological polar surface area (TPSA) is 307 Å². The van der Waals surface area contributed by atoms with Crippen LogP contribution in [-0.4, -0.2) is 193 Å². The SMILES string of the molecule is CC/C=C\C/C=C\C/C=C\C/C=C\C/C=C\C/C=C\C/C=C\CCCCCCCCCCCC(=O)NC(COC1OC(CO)C(OC2OC(CO)C(OC3OC(CO)C(O)C(O)C3O)C(O)C2O)C(O)C1O)C(O)CCCCCCCCCCCCCCCCCCCCCCCCCC. The lowest BCUT2D eigenvalue weighted by Gasteiger charge is -2.48. The number of nitrogens with one attached hydrogen (secondary N) is 1. The molecule has 17 atom stereocenters. The monoisotopic (exact) mass is 1420 g/mol. The lowest BCUT2D eigenvalue weighted by molar-refractivity contribution is -0.379. The second kappa shape index (κ2) is 61.2. The van der Waals surface area contributed by atoms with E-state index in [0.717, 1.165) is 103 Å². The molecule has 1 amide bonds. The van der Waals surface area contributed by atoms with E-state index in [9.17, 15) is 61.0 Å². The lowest BCUT2D eigenvalue weighted by atomic mass is 9.96. The summed E-state index contributed by atoms with van der Waals surface area (Å²) >= 11 is 0. The van der Waals surface area contributed by atoms with Crippen molar-refractivity contribution in [2.45, 2.75) is 394 Å². The molecule has 3 aliphatic rings. The summed E-state index contributed by atoms with van der Waals surface area (Å²) in [6, 6.07) is -0.898. The van der Waals surface area contributed by atoms with Crippen LogP contribution in [0.15, 0.2) is 85.1 Å². The van der Waals surface area contributed by atoms with E-state index >= 15 is 0 Å². The number of amides is 1. The van der Waals surface area contributed by atoms with Crippen molar-refractivity contribution in [1.82, 2.24) is 5.32 Å². The van der Waals surface area contributed by atoms with Crippen molar-refractivity contribution in [1.29, 1.82) is 0 Å². The summed E-state index contributed by atoms with van der Waals surface area (Å²) in [5.74, 6) is -0.249. The van der Waals surface area contributed by atoms with Crippen molar-refractivity contribution in [2.75, 3.05) is 26.4 Å². The predicted molar refractivity (Wildman–Crippen MR) is 397 cm³/mol. The van der Waals surface area contributed by atoms with Gasteiger partial charge in [0.15, 0.2) is 18.9 Å². The number of hydrogen-bond acceptors (Lipinski definition) is 18. The van der Waals surface area contributed by atoms with Crippen LogP contribution in [0.5, 0.6) is 0 Å². The summed E-state index contributed by atoms with van der Waals surface area (Å²) in [5, 5.41) is 121. The third-order valence-electron chi connectivity index (χ3n) is 19.5. The van der Waals surface area contributed by atoms with Crippen LogP contribution in [0, 0.1) is 0 Å². The highest BCUT2D eigenvalue weighted by Gasteiger charge is 2.54. The minimum absolute atomic E-state index is 0.249. The maximum Gasteiger partial charge on any atom is 0.220 e. The molecule has 0 aromatic carbocycles. The van der Waals surface area contributed by atoms with Gasteiger partial charge in [-0.15, -0.1) is 0 Å². The van der Waals surface area contributed by atoms with Crippen molar-refractivity contribution in [2.24, 2.45) is 0 Å². The van der Waals surface area contributed by atoms with Gasteiger partial charge in [-0.1, -0.05) is 298 Å². The highest BCUT2D eigenvalue weighted by molar-refractivity contribution is 5.76. The molecule has 0 saturated carbocycles. The minimum Gasteiger partial charge on any atom is -0.394 e. The van der Waals surface area contributed by atoms with Crippen molar-refractivity contribution in [3.05, 3.63) is 85.1 Å². The molecule has 3 aliphatic heterocycles. The number of aliphatic hydroxyl groups is 11. The van der Waals surface area contributed by atoms with E-state index in [1.165, 1.54) is 154 Å². The van der Waals surface area contributed by atoms with Gasteiger partial charge in [-0.2, -0.15) is 0 Å². The maximum atomic E-state index is 13.5.